The number of fused-ring (bicyclic) bond motifs is 1. The Morgan fingerprint density at radius 3 is 2.24 bits per heavy atom. The monoisotopic (exact) mass is 454 g/mol. The zero-order valence-electron chi connectivity index (χ0n) is 19.3. The lowest BCUT2D eigenvalue weighted by Crippen LogP contribution is -2.22. The molecular formula is C26H26N6O2. The average Bonchev–Trinajstić information content (AvgIpc) is 3.19. The standard InChI is InChI=1S/C24H20N6O2.C2H6/c1-26-16-6-5-7-18(14-16)30-23-21(22(25)27-15-28-23)29(24(30)31)17-10-12-20(13-11-17)32-19-8-3-2-4-9-19;1-2/h2-15,26H,1H3,(H2,25,27,28);1-2H3. The first-order chi connectivity index (χ1) is 16.7. The van der Waals surface area contributed by atoms with Gasteiger partial charge < -0.3 is 15.8 Å². The minimum atomic E-state index is -0.294. The molecule has 0 aliphatic heterocycles. The van der Waals surface area contributed by atoms with E-state index in [9.17, 15) is 4.79 Å². The Bertz CT molecular complexity index is 1460. The van der Waals surface area contributed by atoms with Gasteiger partial charge in [-0.25, -0.2) is 19.3 Å². The second-order valence-electron chi connectivity index (χ2n) is 7.09. The summed E-state index contributed by atoms with van der Waals surface area (Å²) in [5.74, 6) is 1.61. The van der Waals surface area contributed by atoms with E-state index in [4.69, 9.17) is 10.5 Å². The van der Waals surface area contributed by atoms with E-state index in [-0.39, 0.29) is 11.5 Å². The van der Waals surface area contributed by atoms with Crippen LogP contribution in [0.4, 0.5) is 11.5 Å². The van der Waals surface area contributed by atoms with Crippen LogP contribution in [0.3, 0.4) is 0 Å². The molecule has 0 saturated heterocycles. The van der Waals surface area contributed by atoms with E-state index < -0.39 is 0 Å². The fourth-order valence-corrected chi connectivity index (χ4v) is 3.61. The second kappa shape index (κ2) is 9.91. The summed E-state index contributed by atoms with van der Waals surface area (Å²) in [6.07, 6.45) is 1.36. The van der Waals surface area contributed by atoms with Crippen molar-refractivity contribution in [3.05, 3.63) is 95.7 Å². The largest absolute Gasteiger partial charge is 0.457 e. The molecule has 0 aliphatic rings. The van der Waals surface area contributed by atoms with Gasteiger partial charge in [0.05, 0.1) is 11.4 Å². The molecule has 2 heterocycles. The van der Waals surface area contributed by atoms with Gasteiger partial charge in [-0.3, -0.25) is 4.57 Å². The first-order valence-corrected chi connectivity index (χ1v) is 11.0. The number of nitrogens with one attached hydrogen (secondary N) is 1. The Labute approximate surface area is 197 Å². The average molecular weight is 455 g/mol. The van der Waals surface area contributed by atoms with Gasteiger partial charge in [-0.2, -0.15) is 0 Å². The number of nitrogens with two attached hydrogens (primary N) is 1. The van der Waals surface area contributed by atoms with Crippen molar-refractivity contribution in [2.24, 2.45) is 0 Å². The molecule has 8 nitrogen and oxygen atoms in total. The highest BCUT2D eigenvalue weighted by Crippen LogP contribution is 2.26. The maximum atomic E-state index is 13.6. The molecular weight excluding hydrogens is 428 g/mol. The summed E-state index contributed by atoms with van der Waals surface area (Å²) in [5.41, 5.74) is 8.95. The Kier molecular flexibility index (Phi) is 6.59. The van der Waals surface area contributed by atoms with Crippen molar-refractivity contribution >= 4 is 22.7 Å². The predicted octanol–water partition coefficient (Wildman–Crippen LogP) is 5.01. The predicted molar refractivity (Wildman–Crippen MR) is 136 cm³/mol. The summed E-state index contributed by atoms with van der Waals surface area (Å²) in [5, 5.41) is 3.09. The number of nitrogen functional groups attached to an aromatic ring is 1. The fraction of sp³-hybridized carbons (Fsp3) is 0.115. The summed E-state index contributed by atoms with van der Waals surface area (Å²) in [4.78, 5) is 22.0. The van der Waals surface area contributed by atoms with Gasteiger partial charge in [-0.05, 0) is 54.6 Å². The number of benzene rings is 3. The van der Waals surface area contributed by atoms with Crippen molar-refractivity contribution in [1.29, 1.82) is 0 Å². The number of rotatable bonds is 5. The van der Waals surface area contributed by atoms with Crippen molar-refractivity contribution in [1.82, 2.24) is 19.1 Å². The van der Waals surface area contributed by atoms with Crippen molar-refractivity contribution in [3.63, 3.8) is 0 Å². The molecule has 0 spiro atoms. The van der Waals surface area contributed by atoms with Crippen molar-refractivity contribution in [3.8, 4) is 22.9 Å². The molecule has 5 aromatic rings. The number of imidazole rings is 1. The molecule has 0 bridgehead atoms. The zero-order valence-corrected chi connectivity index (χ0v) is 19.3. The Hall–Kier alpha value is -4.59. The molecule has 0 unspecified atom stereocenters. The van der Waals surface area contributed by atoms with Crippen LogP contribution in [0.1, 0.15) is 13.8 Å². The van der Waals surface area contributed by atoms with Gasteiger partial charge in [0.2, 0.25) is 0 Å². The van der Waals surface area contributed by atoms with Crippen LogP contribution >= 0.6 is 0 Å². The summed E-state index contributed by atoms with van der Waals surface area (Å²) < 4.78 is 8.91. The first kappa shape index (κ1) is 22.6. The van der Waals surface area contributed by atoms with Crippen LogP contribution in [0.2, 0.25) is 0 Å². The van der Waals surface area contributed by atoms with Gasteiger partial charge in [-0.15, -0.1) is 0 Å². The molecule has 0 fully saturated rings. The SMILES string of the molecule is CC.CNc1cccc(-n2c(=O)n(-c3ccc(Oc4ccccc4)cc3)c3c(N)ncnc32)c1. The molecule has 8 heteroatoms. The number of hydrogen-bond donors (Lipinski definition) is 2. The normalized spacial score (nSPS) is 10.4. The smallest absolute Gasteiger partial charge is 0.339 e. The van der Waals surface area contributed by atoms with E-state index >= 15 is 0 Å². The summed E-state index contributed by atoms with van der Waals surface area (Å²) in [7, 11) is 1.82. The molecule has 3 N–H and O–H groups in total. The molecule has 2 aromatic heterocycles. The first-order valence-electron chi connectivity index (χ1n) is 11.0. The molecule has 34 heavy (non-hydrogen) atoms. The highest BCUT2D eigenvalue weighted by Gasteiger charge is 2.20. The quantitative estimate of drug-likeness (QED) is 0.387. The van der Waals surface area contributed by atoms with E-state index in [1.807, 2.05) is 75.5 Å². The van der Waals surface area contributed by atoms with Crippen LogP contribution in [0.25, 0.3) is 22.5 Å². The molecule has 0 amide bonds. The molecule has 0 atom stereocenters. The maximum Gasteiger partial charge on any atom is 0.339 e. The zero-order chi connectivity index (χ0) is 24.1. The minimum absolute atomic E-state index is 0.222. The van der Waals surface area contributed by atoms with Crippen LogP contribution in [-0.2, 0) is 0 Å². The molecule has 0 saturated carbocycles. The van der Waals surface area contributed by atoms with Gasteiger partial charge in [0.1, 0.15) is 23.3 Å². The number of hydrogen-bond acceptors (Lipinski definition) is 6. The molecule has 5 rings (SSSR count). The van der Waals surface area contributed by atoms with Gasteiger partial charge in [0.15, 0.2) is 11.5 Å². The lowest BCUT2D eigenvalue weighted by Gasteiger charge is -2.08. The summed E-state index contributed by atoms with van der Waals surface area (Å²) >= 11 is 0. The lowest BCUT2D eigenvalue weighted by molar-refractivity contribution is 0.482. The lowest BCUT2D eigenvalue weighted by atomic mass is 10.2. The van der Waals surface area contributed by atoms with Crippen LogP contribution in [-0.4, -0.2) is 26.1 Å². The third-order valence-corrected chi connectivity index (χ3v) is 5.12. The van der Waals surface area contributed by atoms with E-state index in [0.717, 1.165) is 11.4 Å². The summed E-state index contributed by atoms with van der Waals surface area (Å²) in [6.45, 7) is 4.00. The minimum Gasteiger partial charge on any atom is -0.457 e. The van der Waals surface area contributed by atoms with E-state index in [1.165, 1.54) is 15.5 Å². The number of anilines is 2. The number of aromatic nitrogens is 4. The van der Waals surface area contributed by atoms with Crippen LogP contribution < -0.4 is 21.5 Å². The van der Waals surface area contributed by atoms with Gasteiger partial charge in [0, 0.05) is 12.7 Å². The van der Waals surface area contributed by atoms with Gasteiger partial charge >= 0.3 is 5.69 Å². The molecule has 0 aliphatic carbocycles. The van der Waals surface area contributed by atoms with Crippen LogP contribution in [0, 0.1) is 0 Å². The van der Waals surface area contributed by atoms with Crippen molar-refractivity contribution in [2.75, 3.05) is 18.1 Å². The van der Waals surface area contributed by atoms with E-state index in [1.54, 1.807) is 24.3 Å². The summed E-state index contributed by atoms with van der Waals surface area (Å²) in [6, 6.07) is 24.2. The van der Waals surface area contributed by atoms with Crippen LogP contribution in [0.15, 0.2) is 90.0 Å². The highest BCUT2D eigenvalue weighted by molar-refractivity contribution is 5.85. The van der Waals surface area contributed by atoms with Gasteiger partial charge in [-0.1, -0.05) is 38.1 Å². The highest BCUT2D eigenvalue weighted by atomic mass is 16.5. The van der Waals surface area contributed by atoms with Crippen LogP contribution in [0.5, 0.6) is 11.5 Å². The van der Waals surface area contributed by atoms with Crippen molar-refractivity contribution in [2.45, 2.75) is 13.8 Å². The topological polar surface area (TPSA) is 100.0 Å². The van der Waals surface area contributed by atoms with Gasteiger partial charge in [0.25, 0.3) is 0 Å². The number of nitrogens with zero attached hydrogens (tertiary/aromatic N) is 4. The fourth-order valence-electron chi connectivity index (χ4n) is 3.61. The maximum absolute atomic E-state index is 13.6. The molecule has 172 valence electrons. The Morgan fingerprint density at radius 2 is 1.53 bits per heavy atom. The van der Waals surface area contributed by atoms with E-state index in [2.05, 4.69) is 15.3 Å². The third-order valence-electron chi connectivity index (χ3n) is 5.12. The second-order valence-corrected chi connectivity index (χ2v) is 7.09. The molecule has 0 radical (unpaired) electrons. The third kappa shape index (κ3) is 4.21. The Balaban J connectivity index is 0.00000133. The molecule has 3 aromatic carbocycles. The Morgan fingerprint density at radius 1 is 0.824 bits per heavy atom. The number of ether oxygens (including phenoxy) is 1. The number of para-hydroxylation sites is 1. The van der Waals surface area contributed by atoms with E-state index in [0.29, 0.717) is 28.3 Å². The van der Waals surface area contributed by atoms with Crippen molar-refractivity contribution < 1.29 is 4.74 Å².